The van der Waals surface area contributed by atoms with Gasteiger partial charge in [0.2, 0.25) is 0 Å². The van der Waals surface area contributed by atoms with Gasteiger partial charge < -0.3 is 0 Å². The second kappa shape index (κ2) is 7.58. The van der Waals surface area contributed by atoms with Gasteiger partial charge in [0, 0.05) is 11.1 Å². The van der Waals surface area contributed by atoms with Gasteiger partial charge in [0.1, 0.15) is 6.67 Å². The van der Waals surface area contributed by atoms with E-state index in [1.807, 2.05) is 13.0 Å². The van der Waals surface area contributed by atoms with Crippen molar-refractivity contribution in [2.75, 3.05) is 6.67 Å². The van der Waals surface area contributed by atoms with Gasteiger partial charge in [0.25, 0.3) is 0 Å². The van der Waals surface area contributed by atoms with Gasteiger partial charge in [0.05, 0.1) is 0 Å². The summed E-state index contributed by atoms with van der Waals surface area (Å²) < 4.78 is 11.7. The van der Waals surface area contributed by atoms with Crippen LogP contribution >= 0.6 is 0 Å². The highest BCUT2D eigenvalue weighted by Gasteiger charge is 1.81. The molecule has 0 aliphatic heterocycles. The van der Waals surface area contributed by atoms with Gasteiger partial charge in [-0.15, -0.1) is 0 Å². The Balaban J connectivity index is 4.29. The van der Waals surface area contributed by atoms with Crippen LogP contribution in [0.5, 0.6) is 0 Å². The summed E-state index contributed by atoms with van der Waals surface area (Å²) >= 11 is 0. The first-order valence-corrected chi connectivity index (χ1v) is 4.52. The molecule has 1 heteroatoms. The molecule has 0 aromatic carbocycles. The van der Waals surface area contributed by atoms with Crippen LogP contribution in [-0.2, 0) is 0 Å². The van der Waals surface area contributed by atoms with E-state index in [9.17, 15) is 4.39 Å². The average molecular weight is 202 g/mol. The zero-order valence-corrected chi connectivity index (χ0v) is 9.02. The molecule has 0 spiro atoms. The van der Waals surface area contributed by atoms with Gasteiger partial charge in [-0.3, -0.25) is 0 Å². The molecule has 0 saturated heterocycles. The lowest BCUT2D eigenvalue weighted by Crippen LogP contribution is -1.72. The Hall–Kier alpha value is -1.81. The first-order chi connectivity index (χ1) is 7.06. The monoisotopic (exact) mass is 202 g/mol. The quantitative estimate of drug-likeness (QED) is 0.481. The first-order valence-electron chi connectivity index (χ1n) is 4.52. The van der Waals surface area contributed by atoms with Crippen LogP contribution in [0.2, 0.25) is 0 Å². The fourth-order valence-corrected chi connectivity index (χ4v) is 0.674. The molecule has 0 rings (SSSR count). The second-order valence-electron chi connectivity index (χ2n) is 3.04. The van der Waals surface area contributed by atoms with Crippen LogP contribution in [0.4, 0.5) is 4.39 Å². The molecule has 0 nitrogen and oxygen atoms in total. The molecule has 0 aliphatic rings. The predicted molar refractivity (Wildman–Crippen MR) is 65.1 cm³/mol. The van der Waals surface area contributed by atoms with Crippen molar-refractivity contribution in [2.45, 2.75) is 6.92 Å². The molecule has 0 aromatic rings. The molecule has 15 heavy (non-hydrogen) atoms. The molecule has 0 aromatic heterocycles. The highest BCUT2D eigenvalue weighted by molar-refractivity contribution is 5.45. The van der Waals surface area contributed by atoms with Gasteiger partial charge in [-0.05, 0) is 19.1 Å². The van der Waals surface area contributed by atoms with E-state index in [-0.39, 0.29) is 0 Å². The molecule has 0 heterocycles. The normalized spacial score (nSPS) is 10.0. The van der Waals surface area contributed by atoms with Crippen molar-refractivity contribution in [3.8, 4) is 11.8 Å². The molecular weight excluding hydrogens is 187 g/mol. The van der Waals surface area contributed by atoms with Crippen LogP contribution in [0.1, 0.15) is 6.92 Å². The topological polar surface area (TPSA) is 0 Å². The van der Waals surface area contributed by atoms with E-state index in [1.165, 1.54) is 6.08 Å². The van der Waals surface area contributed by atoms with Crippen molar-refractivity contribution >= 4 is 0 Å². The van der Waals surface area contributed by atoms with Crippen molar-refractivity contribution in [1.82, 2.24) is 0 Å². The Morgan fingerprint density at radius 3 is 2.07 bits per heavy atom. The third-order valence-electron chi connectivity index (χ3n) is 1.36. The minimum absolute atomic E-state index is 0.503. The third-order valence-corrected chi connectivity index (χ3v) is 1.36. The number of hydrogen-bond donors (Lipinski definition) is 0. The zero-order chi connectivity index (χ0) is 11.7. The van der Waals surface area contributed by atoms with Gasteiger partial charge in [-0.25, -0.2) is 4.39 Å². The van der Waals surface area contributed by atoms with Gasteiger partial charge >= 0.3 is 0 Å². The van der Waals surface area contributed by atoms with E-state index >= 15 is 0 Å². The van der Waals surface area contributed by atoms with Crippen LogP contribution in [0.3, 0.4) is 0 Å². The van der Waals surface area contributed by atoms with Crippen LogP contribution in [0.15, 0.2) is 60.8 Å². The summed E-state index contributed by atoms with van der Waals surface area (Å²) in [6.45, 7) is 12.5. The lowest BCUT2D eigenvalue weighted by atomic mass is 10.2. The van der Waals surface area contributed by atoms with E-state index < -0.39 is 6.67 Å². The molecule has 0 unspecified atom stereocenters. The minimum atomic E-state index is -0.503. The maximum atomic E-state index is 11.7. The molecular formula is C14H15F. The number of hydrogen-bond acceptors (Lipinski definition) is 0. The Labute approximate surface area is 91.2 Å². The number of alkyl halides is 1. The van der Waals surface area contributed by atoms with Crippen molar-refractivity contribution in [1.29, 1.82) is 0 Å². The van der Waals surface area contributed by atoms with E-state index in [1.54, 1.807) is 12.2 Å². The van der Waals surface area contributed by atoms with Gasteiger partial charge in [0.15, 0.2) is 0 Å². The SMILES string of the molecule is C=C(C)/C=C\C(=C)C#CC(=C)/C=C\CF. The van der Waals surface area contributed by atoms with Crippen molar-refractivity contribution in [3.05, 3.63) is 60.8 Å². The van der Waals surface area contributed by atoms with Gasteiger partial charge in [-0.1, -0.05) is 49.3 Å². The zero-order valence-electron chi connectivity index (χ0n) is 9.02. The molecule has 0 N–H and O–H groups in total. The molecule has 0 radical (unpaired) electrons. The maximum Gasteiger partial charge on any atom is 0.108 e. The molecule has 0 aliphatic carbocycles. The fraction of sp³-hybridized carbons (Fsp3) is 0.143. The summed E-state index contributed by atoms with van der Waals surface area (Å²) in [5, 5.41) is 0. The van der Waals surface area contributed by atoms with Crippen LogP contribution in [-0.4, -0.2) is 6.67 Å². The van der Waals surface area contributed by atoms with E-state index in [0.717, 1.165) is 5.57 Å². The second-order valence-corrected chi connectivity index (χ2v) is 3.04. The Morgan fingerprint density at radius 2 is 1.60 bits per heavy atom. The number of halogens is 1. The largest absolute Gasteiger partial charge is 0.247 e. The predicted octanol–water partition coefficient (Wildman–Crippen LogP) is 3.76. The van der Waals surface area contributed by atoms with E-state index in [2.05, 4.69) is 31.6 Å². The van der Waals surface area contributed by atoms with Crippen molar-refractivity contribution < 1.29 is 4.39 Å². The molecule has 78 valence electrons. The van der Waals surface area contributed by atoms with Crippen LogP contribution in [0, 0.1) is 11.8 Å². The molecule has 0 saturated carbocycles. The standard InChI is InChI=1S/C14H15F/c1-12(2)7-8-14(4)10-9-13(3)6-5-11-15/h5-8H,1,3-4,11H2,2H3/b6-5-,8-7-. The molecule has 0 bridgehead atoms. The fourth-order valence-electron chi connectivity index (χ4n) is 0.674. The Kier molecular flexibility index (Phi) is 6.67. The maximum absolute atomic E-state index is 11.7. The Bertz CT molecular complexity index is 370. The van der Waals surface area contributed by atoms with Crippen molar-refractivity contribution in [3.63, 3.8) is 0 Å². The minimum Gasteiger partial charge on any atom is -0.247 e. The van der Waals surface area contributed by atoms with Gasteiger partial charge in [-0.2, -0.15) is 0 Å². The first kappa shape index (κ1) is 13.2. The smallest absolute Gasteiger partial charge is 0.108 e. The number of allylic oxidation sites excluding steroid dienone is 7. The number of rotatable bonds is 4. The summed E-state index contributed by atoms with van der Waals surface area (Å²) in [5.74, 6) is 5.56. The highest BCUT2D eigenvalue weighted by atomic mass is 19.1. The summed E-state index contributed by atoms with van der Waals surface area (Å²) in [4.78, 5) is 0. The highest BCUT2D eigenvalue weighted by Crippen LogP contribution is 1.97. The average Bonchev–Trinajstić information content (AvgIpc) is 2.20. The molecule has 0 atom stereocenters. The Morgan fingerprint density at radius 1 is 1.07 bits per heavy atom. The summed E-state index contributed by atoms with van der Waals surface area (Å²) in [6, 6.07) is 0. The van der Waals surface area contributed by atoms with E-state index in [4.69, 9.17) is 0 Å². The van der Waals surface area contributed by atoms with E-state index in [0.29, 0.717) is 11.1 Å². The lowest BCUT2D eigenvalue weighted by Gasteiger charge is -1.87. The van der Waals surface area contributed by atoms with Crippen LogP contribution < -0.4 is 0 Å². The summed E-state index contributed by atoms with van der Waals surface area (Å²) in [5.41, 5.74) is 2.18. The van der Waals surface area contributed by atoms with Crippen molar-refractivity contribution in [2.24, 2.45) is 0 Å². The summed E-state index contributed by atoms with van der Waals surface area (Å²) in [7, 11) is 0. The molecule has 0 amide bonds. The lowest BCUT2D eigenvalue weighted by molar-refractivity contribution is 0.561. The summed E-state index contributed by atoms with van der Waals surface area (Å²) in [6.07, 6.45) is 6.52. The van der Waals surface area contributed by atoms with Crippen LogP contribution in [0.25, 0.3) is 0 Å². The third kappa shape index (κ3) is 8.52. The molecule has 0 fully saturated rings.